The summed E-state index contributed by atoms with van der Waals surface area (Å²) >= 11 is 0. The first kappa shape index (κ1) is 14.8. The number of carboxylic acids is 1. The molecule has 0 aromatic heterocycles. The Balaban J connectivity index is 2.76. The van der Waals surface area contributed by atoms with Gasteiger partial charge in [0.05, 0.1) is 7.11 Å². The summed E-state index contributed by atoms with van der Waals surface area (Å²) in [4.78, 5) is 10.5. The SMILES string of the molecule is COc1ccc(/C(C)=C/C=C/C(C)=C/C(=O)O)cc1. The van der Waals surface area contributed by atoms with E-state index in [1.165, 1.54) is 6.08 Å². The van der Waals surface area contributed by atoms with Gasteiger partial charge in [0, 0.05) is 6.08 Å². The third kappa shape index (κ3) is 5.25. The van der Waals surface area contributed by atoms with E-state index in [1.54, 1.807) is 20.1 Å². The summed E-state index contributed by atoms with van der Waals surface area (Å²) in [5, 5.41) is 8.58. The van der Waals surface area contributed by atoms with E-state index >= 15 is 0 Å². The van der Waals surface area contributed by atoms with Crippen LogP contribution in [0.25, 0.3) is 5.57 Å². The van der Waals surface area contributed by atoms with Crippen LogP contribution in [0.1, 0.15) is 19.4 Å². The van der Waals surface area contributed by atoms with Crippen molar-refractivity contribution in [3.05, 3.63) is 59.7 Å². The van der Waals surface area contributed by atoms with E-state index in [0.29, 0.717) is 5.57 Å². The van der Waals surface area contributed by atoms with Gasteiger partial charge in [-0.2, -0.15) is 0 Å². The fourth-order valence-electron chi connectivity index (χ4n) is 1.54. The molecule has 0 saturated carbocycles. The molecule has 0 aliphatic carbocycles. The lowest BCUT2D eigenvalue weighted by Gasteiger charge is -2.02. The van der Waals surface area contributed by atoms with E-state index in [-0.39, 0.29) is 0 Å². The molecule has 0 aliphatic heterocycles. The number of carboxylic acid groups (broad SMARTS) is 1. The second kappa shape index (κ2) is 7.21. The fraction of sp³-hybridized carbons (Fsp3) is 0.188. The molecule has 1 N–H and O–H groups in total. The number of carbonyl (C=O) groups is 1. The minimum absolute atomic E-state index is 0.700. The molecule has 0 heterocycles. The van der Waals surface area contributed by atoms with E-state index in [9.17, 15) is 4.79 Å². The molecular formula is C16H18O3. The Hall–Kier alpha value is -2.29. The highest BCUT2D eigenvalue weighted by Crippen LogP contribution is 2.18. The van der Waals surface area contributed by atoms with E-state index in [2.05, 4.69) is 0 Å². The van der Waals surface area contributed by atoms with Crippen LogP contribution in [-0.4, -0.2) is 18.2 Å². The van der Waals surface area contributed by atoms with Crippen LogP contribution in [0.3, 0.4) is 0 Å². The van der Waals surface area contributed by atoms with Crippen LogP contribution < -0.4 is 4.74 Å². The number of aliphatic carboxylic acids is 1. The van der Waals surface area contributed by atoms with E-state index in [4.69, 9.17) is 9.84 Å². The van der Waals surface area contributed by atoms with Crippen molar-refractivity contribution in [1.29, 1.82) is 0 Å². The normalized spacial score (nSPS) is 12.8. The van der Waals surface area contributed by atoms with Gasteiger partial charge in [0.2, 0.25) is 0 Å². The summed E-state index contributed by atoms with van der Waals surface area (Å²) in [6.45, 7) is 3.75. The lowest BCUT2D eigenvalue weighted by Crippen LogP contribution is -1.87. The Morgan fingerprint density at radius 2 is 1.84 bits per heavy atom. The number of benzene rings is 1. The first-order valence-corrected chi connectivity index (χ1v) is 5.93. The van der Waals surface area contributed by atoms with Crippen molar-refractivity contribution in [2.24, 2.45) is 0 Å². The molecule has 0 spiro atoms. The summed E-state index contributed by atoms with van der Waals surface area (Å²) in [7, 11) is 1.64. The number of hydrogen-bond acceptors (Lipinski definition) is 2. The Morgan fingerprint density at radius 1 is 1.21 bits per heavy atom. The standard InChI is InChI=1S/C16H18O3/c1-12(11-16(17)18)5-4-6-13(2)14-7-9-15(19-3)10-8-14/h4-11H,1-3H3,(H,17,18)/b5-4+,12-11+,13-6+. The molecule has 100 valence electrons. The third-order valence-electron chi connectivity index (χ3n) is 2.60. The fourth-order valence-corrected chi connectivity index (χ4v) is 1.54. The van der Waals surface area contributed by atoms with Gasteiger partial charge in [-0.1, -0.05) is 30.4 Å². The first-order chi connectivity index (χ1) is 9.02. The number of allylic oxidation sites excluding steroid dienone is 5. The molecule has 19 heavy (non-hydrogen) atoms. The van der Waals surface area contributed by atoms with Crippen molar-refractivity contribution in [1.82, 2.24) is 0 Å². The maximum Gasteiger partial charge on any atom is 0.328 e. The van der Waals surface area contributed by atoms with Crippen molar-refractivity contribution >= 4 is 11.5 Å². The predicted molar refractivity (Wildman–Crippen MR) is 77.2 cm³/mol. The molecule has 0 bridgehead atoms. The van der Waals surface area contributed by atoms with Gasteiger partial charge in [-0.3, -0.25) is 0 Å². The number of rotatable bonds is 5. The van der Waals surface area contributed by atoms with Crippen LogP contribution in [0.5, 0.6) is 5.75 Å². The molecule has 0 amide bonds. The molecule has 0 saturated heterocycles. The molecule has 0 aliphatic rings. The van der Waals surface area contributed by atoms with Gasteiger partial charge in [-0.25, -0.2) is 4.79 Å². The topological polar surface area (TPSA) is 46.5 Å². The zero-order chi connectivity index (χ0) is 14.3. The van der Waals surface area contributed by atoms with Crippen molar-refractivity contribution < 1.29 is 14.6 Å². The molecule has 3 nitrogen and oxygen atoms in total. The zero-order valence-corrected chi connectivity index (χ0v) is 11.4. The van der Waals surface area contributed by atoms with Gasteiger partial charge in [-0.15, -0.1) is 0 Å². The minimum Gasteiger partial charge on any atom is -0.497 e. The highest BCUT2D eigenvalue weighted by Gasteiger charge is 1.95. The first-order valence-electron chi connectivity index (χ1n) is 5.93. The monoisotopic (exact) mass is 258 g/mol. The molecule has 0 radical (unpaired) electrons. The maximum atomic E-state index is 10.5. The number of hydrogen-bond donors (Lipinski definition) is 1. The molecule has 0 unspecified atom stereocenters. The smallest absolute Gasteiger partial charge is 0.328 e. The van der Waals surface area contributed by atoms with Crippen LogP contribution in [0.4, 0.5) is 0 Å². The molecule has 1 rings (SSSR count). The summed E-state index contributed by atoms with van der Waals surface area (Å²) in [6, 6.07) is 7.79. The van der Waals surface area contributed by atoms with Gasteiger partial charge in [0.1, 0.15) is 5.75 Å². The molecule has 0 atom stereocenters. The molecule has 1 aromatic rings. The Bertz CT molecular complexity index is 519. The highest BCUT2D eigenvalue weighted by atomic mass is 16.5. The van der Waals surface area contributed by atoms with Gasteiger partial charge in [-0.05, 0) is 42.7 Å². The summed E-state index contributed by atoms with van der Waals surface area (Å²) in [5.74, 6) is -0.106. The van der Waals surface area contributed by atoms with Crippen LogP contribution >= 0.6 is 0 Å². The number of methoxy groups -OCH3 is 1. The van der Waals surface area contributed by atoms with Crippen molar-refractivity contribution in [3.8, 4) is 5.75 Å². The zero-order valence-electron chi connectivity index (χ0n) is 11.4. The van der Waals surface area contributed by atoms with Crippen LogP contribution in [0.2, 0.25) is 0 Å². The maximum absolute atomic E-state index is 10.5. The lowest BCUT2D eigenvalue weighted by atomic mass is 10.1. The van der Waals surface area contributed by atoms with Crippen LogP contribution in [0.15, 0.2) is 54.1 Å². The average Bonchev–Trinajstić information content (AvgIpc) is 2.37. The van der Waals surface area contributed by atoms with E-state index in [0.717, 1.165) is 16.9 Å². The minimum atomic E-state index is -0.932. The van der Waals surface area contributed by atoms with Crippen molar-refractivity contribution in [2.75, 3.05) is 7.11 Å². The van der Waals surface area contributed by atoms with Crippen LogP contribution in [0, 0.1) is 0 Å². The van der Waals surface area contributed by atoms with E-state index < -0.39 is 5.97 Å². The predicted octanol–water partition coefficient (Wildman–Crippen LogP) is 3.69. The van der Waals surface area contributed by atoms with Crippen molar-refractivity contribution in [2.45, 2.75) is 13.8 Å². The van der Waals surface area contributed by atoms with Gasteiger partial charge in [0.15, 0.2) is 0 Å². The van der Waals surface area contributed by atoms with E-state index in [1.807, 2.05) is 43.3 Å². The highest BCUT2D eigenvalue weighted by molar-refractivity contribution is 5.81. The second-order valence-electron chi connectivity index (χ2n) is 4.16. The third-order valence-corrected chi connectivity index (χ3v) is 2.60. The summed E-state index contributed by atoms with van der Waals surface area (Å²) < 4.78 is 5.10. The Kier molecular flexibility index (Phi) is 5.61. The van der Waals surface area contributed by atoms with Gasteiger partial charge in [0.25, 0.3) is 0 Å². The van der Waals surface area contributed by atoms with Crippen molar-refractivity contribution in [3.63, 3.8) is 0 Å². The van der Waals surface area contributed by atoms with Gasteiger partial charge < -0.3 is 9.84 Å². The quantitative estimate of drug-likeness (QED) is 0.647. The summed E-state index contributed by atoms with van der Waals surface area (Å²) in [6.07, 6.45) is 6.73. The molecule has 3 heteroatoms. The summed E-state index contributed by atoms with van der Waals surface area (Å²) in [5.41, 5.74) is 2.90. The average molecular weight is 258 g/mol. The largest absolute Gasteiger partial charge is 0.497 e. The molecular weight excluding hydrogens is 240 g/mol. The second-order valence-corrected chi connectivity index (χ2v) is 4.16. The molecule has 1 aromatic carbocycles. The lowest BCUT2D eigenvalue weighted by molar-refractivity contribution is -0.131. The number of ether oxygens (including phenoxy) is 1. The Morgan fingerprint density at radius 3 is 2.37 bits per heavy atom. The van der Waals surface area contributed by atoms with Gasteiger partial charge >= 0.3 is 5.97 Å². The molecule has 0 fully saturated rings. The van der Waals surface area contributed by atoms with Crippen LogP contribution in [-0.2, 0) is 4.79 Å². The Labute approximate surface area is 113 Å².